The normalized spacial score (nSPS) is 15.6. The van der Waals surface area contributed by atoms with E-state index in [0.717, 1.165) is 12.0 Å². The zero-order valence-corrected chi connectivity index (χ0v) is 13.8. The molecule has 0 saturated carbocycles. The maximum atomic E-state index is 12.6. The summed E-state index contributed by atoms with van der Waals surface area (Å²) in [5.74, 6) is 0.504. The molecule has 0 spiro atoms. The van der Waals surface area contributed by atoms with E-state index in [9.17, 15) is 9.59 Å². The lowest BCUT2D eigenvalue weighted by Crippen LogP contribution is -2.44. The third-order valence-electron chi connectivity index (χ3n) is 4.18. The minimum Gasteiger partial charge on any atom is -0.331 e. The molecule has 1 fully saturated rings. The highest BCUT2D eigenvalue weighted by Gasteiger charge is 2.31. The molecule has 1 aromatic heterocycles. The Balaban J connectivity index is 1.77. The molecule has 2 heterocycles. The van der Waals surface area contributed by atoms with E-state index in [4.69, 9.17) is 0 Å². The topological polar surface area (TPSA) is 93.0 Å². The molecule has 1 unspecified atom stereocenters. The lowest BCUT2D eigenvalue weighted by molar-refractivity contribution is -0.135. The summed E-state index contributed by atoms with van der Waals surface area (Å²) in [4.78, 5) is 26.2. The molecule has 1 aliphatic rings. The van der Waals surface area contributed by atoms with E-state index in [1.54, 1.807) is 16.6 Å². The average Bonchev–Trinajstić information content (AvgIpc) is 3.17. The number of carbonyl (C=O) groups is 2. The van der Waals surface area contributed by atoms with E-state index in [-0.39, 0.29) is 11.8 Å². The smallest absolute Gasteiger partial charge is 0.247 e. The Morgan fingerprint density at radius 2 is 2.25 bits per heavy atom. The van der Waals surface area contributed by atoms with Gasteiger partial charge in [0.15, 0.2) is 5.82 Å². The van der Waals surface area contributed by atoms with Crippen LogP contribution in [0.1, 0.15) is 26.2 Å². The number of hydrogen-bond donors (Lipinski definition) is 1. The molecule has 1 saturated heterocycles. The Hall–Kier alpha value is -2.77. The second-order valence-electron chi connectivity index (χ2n) is 5.81. The molecule has 2 amide bonds. The van der Waals surface area contributed by atoms with Gasteiger partial charge < -0.3 is 10.2 Å². The lowest BCUT2D eigenvalue weighted by atomic mass is 10.1. The zero-order chi connectivity index (χ0) is 17.1. The monoisotopic (exact) mass is 328 g/mol. The number of aryl methyl sites for hydroxylation is 1. The Morgan fingerprint density at radius 3 is 2.88 bits per heavy atom. The number of anilines is 1. The minimum absolute atomic E-state index is 0.0518. The fraction of sp³-hybridized carbons (Fsp3) is 0.438. The SMILES string of the molecule is CCC(C(=O)Nc1cccc(-c2nnnn2C)c1)N1CCCC1=O. The highest BCUT2D eigenvalue weighted by molar-refractivity contribution is 5.97. The summed E-state index contributed by atoms with van der Waals surface area (Å²) < 4.78 is 1.57. The number of aromatic nitrogens is 4. The largest absolute Gasteiger partial charge is 0.331 e. The van der Waals surface area contributed by atoms with Crippen molar-refractivity contribution in [3.63, 3.8) is 0 Å². The lowest BCUT2D eigenvalue weighted by Gasteiger charge is -2.25. The Bertz CT molecular complexity index is 757. The van der Waals surface area contributed by atoms with Crippen molar-refractivity contribution in [1.29, 1.82) is 0 Å². The minimum atomic E-state index is -0.430. The van der Waals surface area contributed by atoms with Gasteiger partial charge in [0.2, 0.25) is 11.8 Å². The summed E-state index contributed by atoms with van der Waals surface area (Å²) in [6.45, 7) is 2.56. The molecule has 1 atom stereocenters. The number of nitrogens with zero attached hydrogens (tertiary/aromatic N) is 5. The first kappa shape index (κ1) is 16.1. The Labute approximate surface area is 139 Å². The van der Waals surface area contributed by atoms with Crippen LogP contribution >= 0.6 is 0 Å². The van der Waals surface area contributed by atoms with E-state index in [1.807, 2.05) is 31.2 Å². The Kier molecular flexibility index (Phi) is 4.54. The highest BCUT2D eigenvalue weighted by Crippen LogP contribution is 2.21. The van der Waals surface area contributed by atoms with Gasteiger partial charge in [0.1, 0.15) is 6.04 Å². The first-order valence-corrected chi connectivity index (χ1v) is 8.03. The van der Waals surface area contributed by atoms with E-state index in [0.29, 0.717) is 30.9 Å². The average molecular weight is 328 g/mol. The van der Waals surface area contributed by atoms with E-state index >= 15 is 0 Å². The third kappa shape index (κ3) is 3.12. The van der Waals surface area contributed by atoms with Crippen LogP contribution in [0.4, 0.5) is 5.69 Å². The fourth-order valence-electron chi connectivity index (χ4n) is 2.98. The second kappa shape index (κ2) is 6.77. The van der Waals surface area contributed by atoms with Crippen LogP contribution in [-0.4, -0.2) is 49.5 Å². The molecule has 1 aliphatic heterocycles. The summed E-state index contributed by atoms with van der Waals surface area (Å²) in [6, 6.07) is 6.91. The quantitative estimate of drug-likeness (QED) is 0.890. The molecular formula is C16H20N6O2. The van der Waals surface area contributed by atoms with Gasteiger partial charge in [0.25, 0.3) is 0 Å². The summed E-state index contributed by atoms with van der Waals surface area (Å²) in [6.07, 6.45) is 1.93. The zero-order valence-electron chi connectivity index (χ0n) is 13.8. The number of tetrazole rings is 1. The van der Waals surface area contributed by atoms with Gasteiger partial charge in [-0.25, -0.2) is 4.68 Å². The molecule has 0 bridgehead atoms. The first-order valence-electron chi connectivity index (χ1n) is 8.03. The van der Waals surface area contributed by atoms with Gasteiger partial charge in [0.05, 0.1) is 0 Å². The molecule has 8 nitrogen and oxygen atoms in total. The molecular weight excluding hydrogens is 308 g/mol. The van der Waals surface area contributed by atoms with Crippen LogP contribution in [0, 0.1) is 0 Å². The molecule has 126 valence electrons. The van der Waals surface area contributed by atoms with Crippen molar-refractivity contribution >= 4 is 17.5 Å². The van der Waals surface area contributed by atoms with Gasteiger partial charge in [-0.1, -0.05) is 19.1 Å². The van der Waals surface area contributed by atoms with Crippen molar-refractivity contribution in [3.8, 4) is 11.4 Å². The van der Waals surface area contributed by atoms with Gasteiger partial charge in [-0.15, -0.1) is 5.10 Å². The second-order valence-corrected chi connectivity index (χ2v) is 5.81. The predicted octanol–water partition coefficient (Wildman–Crippen LogP) is 1.22. The molecule has 3 rings (SSSR count). The van der Waals surface area contributed by atoms with Gasteiger partial charge in [-0.2, -0.15) is 0 Å². The van der Waals surface area contributed by atoms with Crippen LogP contribution in [0.25, 0.3) is 11.4 Å². The first-order chi connectivity index (χ1) is 11.6. The number of hydrogen-bond acceptors (Lipinski definition) is 5. The molecule has 2 aromatic rings. The molecule has 8 heteroatoms. The van der Waals surface area contributed by atoms with Gasteiger partial charge in [0, 0.05) is 31.3 Å². The number of benzene rings is 1. The fourth-order valence-corrected chi connectivity index (χ4v) is 2.98. The number of likely N-dealkylation sites (tertiary alicyclic amines) is 1. The summed E-state index contributed by atoms with van der Waals surface area (Å²) in [7, 11) is 1.76. The van der Waals surface area contributed by atoms with E-state index in [2.05, 4.69) is 20.8 Å². The van der Waals surface area contributed by atoms with Crippen molar-refractivity contribution in [2.75, 3.05) is 11.9 Å². The maximum absolute atomic E-state index is 12.6. The summed E-state index contributed by atoms with van der Waals surface area (Å²) >= 11 is 0. The molecule has 1 N–H and O–H groups in total. The summed E-state index contributed by atoms with van der Waals surface area (Å²) in [5.41, 5.74) is 1.47. The molecule has 1 aromatic carbocycles. The standard InChI is InChI=1S/C16H20N6O2/c1-3-13(22-9-5-8-14(22)23)16(24)17-12-7-4-6-11(10-12)15-18-19-20-21(15)2/h4,6-7,10,13H,3,5,8-9H2,1-2H3,(H,17,24). The van der Waals surface area contributed by atoms with Crippen LogP contribution < -0.4 is 5.32 Å². The van der Waals surface area contributed by atoms with Crippen molar-refractivity contribution in [1.82, 2.24) is 25.1 Å². The van der Waals surface area contributed by atoms with Crippen molar-refractivity contribution < 1.29 is 9.59 Å². The number of nitrogens with one attached hydrogen (secondary N) is 1. The third-order valence-corrected chi connectivity index (χ3v) is 4.18. The predicted molar refractivity (Wildman–Crippen MR) is 87.9 cm³/mol. The van der Waals surface area contributed by atoms with Gasteiger partial charge in [-0.3, -0.25) is 9.59 Å². The molecule has 0 aliphatic carbocycles. The van der Waals surface area contributed by atoms with Crippen LogP contribution in [-0.2, 0) is 16.6 Å². The van der Waals surface area contributed by atoms with Crippen LogP contribution in [0.5, 0.6) is 0 Å². The van der Waals surface area contributed by atoms with E-state index in [1.165, 1.54) is 0 Å². The van der Waals surface area contributed by atoms with Crippen LogP contribution in [0.2, 0.25) is 0 Å². The van der Waals surface area contributed by atoms with Crippen molar-refractivity contribution in [2.24, 2.45) is 7.05 Å². The van der Waals surface area contributed by atoms with Crippen molar-refractivity contribution in [3.05, 3.63) is 24.3 Å². The van der Waals surface area contributed by atoms with Gasteiger partial charge >= 0.3 is 0 Å². The molecule has 0 radical (unpaired) electrons. The summed E-state index contributed by atoms with van der Waals surface area (Å²) in [5, 5.41) is 14.3. The van der Waals surface area contributed by atoms with Crippen LogP contribution in [0.15, 0.2) is 24.3 Å². The maximum Gasteiger partial charge on any atom is 0.247 e. The van der Waals surface area contributed by atoms with E-state index < -0.39 is 6.04 Å². The highest BCUT2D eigenvalue weighted by atomic mass is 16.2. The number of amides is 2. The number of rotatable bonds is 5. The Morgan fingerprint density at radius 1 is 1.42 bits per heavy atom. The van der Waals surface area contributed by atoms with Crippen LogP contribution in [0.3, 0.4) is 0 Å². The molecule has 24 heavy (non-hydrogen) atoms. The van der Waals surface area contributed by atoms with Gasteiger partial charge in [-0.05, 0) is 35.4 Å². The van der Waals surface area contributed by atoms with Crippen molar-refractivity contribution in [2.45, 2.75) is 32.2 Å². The number of carbonyl (C=O) groups excluding carboxylic acids is 2.